The number of hydrogen-bond acceptors (Lipinski definition) is 2. The van der Waals surface area contributed by atoms with Gasteiger partial charge >= 0.3 is 0 Å². The molecule has 20 heavy (non-hydrogen) atoms. The highest BCUT2D eigenvalue weighted by molar-refractivity contribution is 6.31. The van der Waals surface area contributed by atoms with Crippen LogP contribution in [0.15, 0.2) is 30.3 Å². The number of carbonyl (C=O) groups excluding carboxylic acids is 1. The predicted molar refractivity (Wildman–Crippen MR) is 79.9 cm³/mol. The van der Waals surface area contributed by atoms with Crippen molar-refractivity contribution in [3.63, 3.8) is 0 Å². The first-order valence-electron chi connectivity index (χ1n) is 6.57. The number of amides is 1. The van der Waals surface area contributed by atoms with Crippen LogP contribution in [0, 0.1) is 13.8 Å². The normalized spacial score (nSPS) is 10.6. The SMILES string of the molecule is Cc1cc(C)n(CCNC(=O)Cc2ccccc2Cl)n1. The summed E-state index contributed by atoms with van der Waals surface area (Å²) in [5.41, 5.74) is 2.94. The van der Waals surface area contributed by atoms with Gasteiger partial charge in [0, 0.05) is 17.3 Å². The maximum absolute atomic E-state index is 11.8. The van der Waals surface area contributed by atoms with Crippen molar-refractivity contribution in [2.24, 2.45) is 0 Å². The molecule has 0 spiro atoms. The molecular weight excluding hydrogens is 274 g/mol. The monoisotopic (exact) mass is 291 g/mol. The van der Waals surface area contributed by atoms with E-state index in [1.807, 2.05) is 42.8 Å². The third-order valence-electron chi connectivity index (χ3n) is 3.06. The first-order valence-corrected chi connectivity index (χ1v) is 6.95. The summed E-state index contributed by atoms with van der Waals surface area (Å²) in [6.07, 6.45) is 0.302. The lowest BCUT2D eigenvalue weighted by molar-refractivity contribution is -0.120. The molecule has 0 aliphatic carbocycles. The summed E-state index contributed by atoms with van der Waals surface area (Å²) in [6.45, 7) is 5.20. The van der Waals surface area contributed by atoms with Gasteiger partial charge in [-0.05, 0) is 31.5 Å². The lowest BCUT2D eigenvalue weighted by Gasteiger charge is -2.08. The summed E-state index contributed by atoms with van der Waals surface area (Å²) >= 11 is 6.03. The fraction of sp³-hybridized carbons (Fsp3) is 0.333. The molecule has 1 aromatic heterocycles. The van der Waals surface area contributed by atoms with Crippen LogP contribution in [0.4, 0.5) is 0 Å². The number of benzene rings is 1. The predicted octanol–water partition coefficient (Wildman–Crippen LogP) is 2.51. The first kappa shape index (κ1) is 14.6. The molecule has 1 aromatic carbocycles. The van der Waals surface area contributed by atoms with Gasteiger partial charge in [0.2, 0.25) is 5.91 Å². The fourth-order valence-corrected chi connectivity index (χ4v) is 2.28. The highest BCUT2D eigenvalue weighted by Gasteiger charge is 2.06. The highest BCUT2D eigenvalue weighted by Crippen LogP contribution is 2.15. The van der Waals surface area contributed by atoms with Crippen LogP contribution in [-0.2, 0) is 17.8 Å². The van der Waals surface area contributed by atoms with Crippen LogP contribution >= 0.6 is 11.6 Å². The Kier molecular flexibility index (Phi) is 4.79. The number of hydrogen-bond donors (Lipinski definition) is 1. The molecule has 4 nitrogen and oxygen atoms in total. The molecule has 0 bridgehead atoms. The Bertz CT molecular complexity index is 607. The molecule has 2 aromatic rings. The molecule has 0 saturated carbocycles. The summed E-state index contributed by atoms with van der Waals surface area (Å²) in [5, 5.41) is 7.86. The van der Waals surface area contributed by atoms with Gasteiger partial charge in [0.05, 0.1) is 18.7 Å². The van der Waals surface area contributed by atoms with E-state index in [2.05, 4.69) is 10.4 Å². The van der Waals surface area contributed by atoms with Gasteiger partial charge in [-0.2, -0.15) is 5.10 Å². The molecule has 0 aliphatic rings. The lowest BCUT2D eigenvalue weighted by Crippen LogP contribution is -2.29. The number of halogens is 1. The lowest BCUT2D eigenvalue weighted by atomic mass is 10.1. The van der Waals surface area contributed by atoms with E-state index >= 15 is 0 Å². The molecule has 106 valence electrons. The Morgan fingerprint density at radius 2 is 2.10 bits per heavy atom. The van der Waals surface area contributed by atoms with Crippen molar-refractivity contribution in [2.45, 2.75) is 26.8 Å². The van der Waals surface area contributed by atoms with Gasteiger partial charge < -0.3 is 5.32 Å². The zero-order valence-electron chi connectivity index (χ0n) is 11.7. The van der Waals surface area contributed by atoms with Gasteiger partial charge in [-0.25, -0.2) is 0 Å². The minimum Gasteiger partial charge on any atom is -0.354 e. The molecule has 5 heteroatoms. The Balaban J connectivity index is 1.81. The maximum Gasteiger partial charge on any atom is 0.224 e. The molecule has 1 amide bonds. The van der Waals surface area contributed by atoms with Crippen molar-refractivity contribution in [1.29, 1.82) is 0 Å². The van der Waals surface area contributed by atoms with Crippen molar-refractivity contribution in [3.05, 3.63) is 52.3 Å². The van der Waals surface area contributed by atoms with Gasteiger partial charge in [0.25, 0.3) is 0 Å². The quantitative estimate of drug-likeness (QED) is 0.920. The average molecular weight is 292 g/mol. The molecule has 0 aliphatic heterocycles. The third kappa shape index (κ3) is 3.84. The standard InChI is InChI=1S/C15H18ClN3O/c1-11-9-12(2)19(18-11)8-7-17-15(20)10-13-5-3-4-6-14(13)16/h3-6,9H,7-8,10H2,1-2H3,(H,17,20). The molecule has 0 atom stereocenters. The van der Waals surface area contributed by atoms with Crippen molar-refractivity contribution < 1.29 is 4.79 Å². The Morgan fingerprint density at radius 1 is 1.35 bits per heavy atom. The summed E-state index contributed by atoms with van der Waals surface area (Å²) in [6, 6.07) is 9.41. The molecule has 0 radical (unpaired) electrons. The minimum atomic E-state index is -0.0281. The van der Waals surface area contributed by atoms with Crippen LogP contribution in [0.2, 0.25) is 5.02 Å². The molecule has 0 unspecified atom stereocenters. The van der Waals surface area contributed by atoms with Gasteiger partial charge in [-0.15, -0.1) is 0 Å². The van der Waals surface area contributed by atoms with E-state index in [0.717, 1.165) is 17.0 Å². The zero-order chi connectivity index (χ0) is 14.5. The summed E-state index contributed by atoms with van der Waals surface area (Å²) < 4.78 is 1.89. The Labute approximate surface area is 123 Å². The smallest absolute Gasteiger partial charge is 0.224 e. The van der Waals surface area contributed by atoms with E-state index in [4.69, 9.17) is 11.6 Å². The van der Waals surface area contributed by atoms with Crippen molar-refractivity contribution in [2.75, 3.05) is 6.54 Å². The van der Waals surface area contributed by atoms with Crippen molar-refractivity contribution in [1.82, 2.24) is 15.1 Å². The number of aromatic nitrogens is 2. The van der Waals surface area contributed by atoms with Crippen molar-refractivity contribution >= 4 is 17.5 Å². The number of rotatable bonds is 5. The summed E-state index contributed by atoms with van der Waals surface area (Å²) in [4.78, 5) is 11.8. The second-order valence-corrected chi connectivity index (χ2v) is 5.18. The molecule has 0 saturated heterocycles. The first-order chi connectivity index (χ1) is 9.56. The largest absolute Gasteiger partial charge is 0.354 e. The highest BCUT2D eigenvalue weighted by atomic mass is 35.5. The van der Waals surface area contributed by atoms with Gasteiger partial charge in [-0.3, -0.25) is 9.48 Å². The van der Waals surface area contributed by atoms with Crippen LogP contribution in [0.5, 0.6) is 0 Å². The second-order valence-electron chi connectivity index (χ2n) is 4.77. The maximum atomic E-state index is 11.8. The topological polar surface area (TPSA) is 46.9 Å². The van der Waals surface area contributed by atoms with Gasteiger partial charge in [0.15, 0.2) is 0 Å². The van der Waals surface area contributed by atoms with Crippen LogP contribution in [0.25, 0.3) is 0 Å². The number of nitrogens with one attached hydrogen (secondary N) is 1. The number of carbonyl (C=O) groups is 1. The molecule has 1 N–H and O–H groups in total. The van der Waals surface area contributed by atoms with Gasteiger partial charge in [-0.1, -0.05) is 29.8 Å². The second kappa shape index (κ2) is 6.57. The molecule has 2 rings (SSSR count). The molecule has 1 heterocycles. The number of nitrogens with zero attached hydrogens (tertiary/aromatic N) is 2. The molecule has 0 fully saturated rings. The average Bonchev–Trinajstić information content (AvgIpc) is 2.71. The van der Waals surface area contributed by atoms with E-state index in [1.165, 1.54) is 0 Å². The van der Waals surface area contributed by atoms with Crippen LogP contribution in [-0.4, -0.2) is 22.2 Å². The van der Waals surface area contributed by atoms with E-state index in [-0.39, 0.29) is 5.91 Å². The summed E-state index contributed by atoms with van der Waals surface area (Å²) in [5.74, 6) is -0.0281. The van der Waals surface area contributed by atoms with E-state index in [1.54, 1.807) is 6.07 Å². The minimum absolute atomic E-state index is 0.0281. The van der Waals surface area contributed by atoms with E-state index < -0.39 is 0 Å². The number of aryl methyl sites for hydroxylation is 2. The Hall–Kier alpha value is -1.81. The Morgan fingerprint density at radius 3 is 2.75 bits per heavy atom. The van der Waals surface area contributed by atoms with Crippen LogP contribution in [0.3, 0.4) is 0 Å². The fourth-order valence-electron chi connectivity index (χ4n) is 2.08. The third-order valence-corrected chi connectivity index (χ3v) is 3.43. The summed E-state index contributed by atoms with van der Waals surface area (Å²) in [7, 11) is 0. The van der Waals surface area contributed by atoms with Crippen LogP contribution in [0.1, 0.15) is 17.0 Å². The van der Waals surface area contributed by atoms with Crippen LogP contribution < -0.4 is 5.32 Å². The molecular formula is C15H18ClN3O. The zero-order valence-corrected chi connectivity index (χ0v) is 12.4. The van der Waals surface area contributed by atoms with E-state index in [9.17, 15) is 4.79 Å². The van der Waals surface area contributed by atoms with Crippen molar-refractivity contribution in [3.8, 4) is 0 Å². The van der Waals surface area contributed by atoms with E-state index in [0.29, 0.717) is 24.5 Å². The van der Waals surface area contributed by atoms with Gasteiger partial charge in [0.1, 0.15) is 0 Å².